The Labute approximate surface area is 116 Å². The quantitative estimate of drug-likeness (QED) is 0.797. The Kier molecular flexibility index (Phi) is 5.36. The summed E-state index contributed by atoms with van der Waals surface area (Å²) in [5, 5.41) is 0. The van der Waals surface area contributed by atoms with Gasteiger partial charge >= 0.3 is 0 Å². The molecule has 5 nitrogen and oxygen atoms in total. The Bertz CT molecular complexity index is 368. The van der Waals surface area contributed by atoms with Gasteiger partial charge in [-0.2, -0.15) is 0 Å². The van der Waals surface area contributed by atoms with Crippen molar-refractivity contribution in [1.82, 2.24) is 19.4 Å². The summed E-state index contributed by atoms with van der Waals surface area (Å²) in [4.78, 5) is 9.45. The highest BCUT2D eigenvalue weighted by atomic mass is 15.3. The third kappa shape index (κ3) is 4.30. The van der Waals surface area contributed by atoms with Crippen LogP contribution in [0.4, 0.5) is 0 Å². The molecule has 0 saturated carbocycles. The molecule has 0 radical (unpaired) electrons. The Morgan fingerprint density at radius 3 is 2.53 bits per heavy atom. The van der Waals surface area contributed by atoms with Crippen LogP contribution in [-0.2, 0) is 13.5 Å². The molecule has 1 aliphatic rings. The molecule has 2 heterocycles. The lowest BCUT2D eigenvalue weighted by atomic mass is 10.1. The van der Waals surface area contributed by atoms with Gasteiger partial charge in [-0.05, 0) is 12.5 Å². The van der Waals surface area contributed by atoms with Crippen LogP contribution in [0.1, 0.15) is 12.7 Å². The molecular weight excluding hydrogens is 238 g/mol. The number of aryl methyl sites for hydroxylation is 1. The summed E-state index contributed by atoms with van der Waals surface area (Å²) in [6, 6.07) is 0. The van der Waals surface area contributed by atoms with Crippen LogP contribution < -0.4 is 5.73 Å². The van der Waals surface area contributed by atoms with Gasteiger partial charge in [0, 0.05) is 65.1 Å². The molecule has 0 aromatic carbocycles. The van der Waals surface area contributed by atoms with E-state index in [1.165, 1.54) is 32.0 Å². The van der Waals surface area contributed by atoms with Crippen LogP contribution in [-0.4, -0.2) is 65.2 Å². The standard InChI is InChI=1S/C14H27N5/c1-13(11-15)12-19-9-7-18(8-10-19)5-3-14-16-4-6-17(14)2/h4,6,13H,3,5,7-12,15H2,1-2H3. The maximum atomic E-state index is 5.69. The summed E-state index contributed by atoms with van der Waals surface area (Å²) >= 11 is 0. The van der Waals surface area contributed by atoms with E-state index in [0.717, 1.165) is 26.1 Å². The minimum Gasteiger partial charge on any atom is -0.338 e. The molecule has 1 unspecified atom stereocenters. The molecule has 0 amide bonds. The molecule has 1 aliphatic heterocycles. The first-order chi connectivity index (χ1) is 9.19. The van der Waals surface area contributed by atoms with Gasteiger partial charge in [0.2, 0.25) is 0 Å². The predicted octanol–water partition coefficient (Wildman–Crippen LogP) is 0.175. The third-order valence-corrected chi connectivity index (χ3v) is 4.01. The van der Waals surface area contributed by atoms with E-state index in [9.17, 15) is 0 Å². The first-order valence-electron chi connectivity index (χ1n) is 7.30. The first-order valence-corrected chi connectivity index (χ1v) is 7.30. The number of aromatic nitrogens is 2. The van der Waals surface area contributed by atoms with Gasteiger partial charge in [0.25, 0.3) is 0 Å². The van der Waals surface area contributed by atoms with Crippen LogP contribution in [0.2, 0.25) is 0 Å². The molecule has 2 rings (SSSR count). The van der Waals surface area contributed by atoms with Gasteiger partial charge in [-0.25, -0.2) is 4.98 Å². The molecular formula is C14H27N5. The molecule has 108 valence electrons. The van der Waals surface area contributed by atoms with Crippen molar-refractivity contribution in [3.8, 4) is 0 Å². The molecule has 19 heavy (non-hydrogen) atoms. The minimum absolute atomic E-state index is 0.610. The average Bonchev–Trinajstić information content (AvgIpc) is 2.83. The number of piperazine rings is 1. The highest BCUT2D eigenvalue weighted by Crippen LogP contribution is 2.06. The van der Waals surface area contributed by atoms with Crippen molar-refractivity contribution in [2.45, 2.75) is 13.3 Å². The van der Waals surface area contributed by atoms with Crippen molar-refractivity contribution in [3.05, 3.63) is 18.2 Å². The summed E-state index contributed by atoms with van der Waals surface area (Å²) < 4.78 is 2.11. The molecule has 1 aromatic heterocycles. The minimum atomic E-state index is 0.610. The Morgan fingerprint density at radius 1 is 1.26 bits per heavy atom. The normalized spacial score (nSPS) is 19.7. The van der Waals surface area contributed by atoms with Crippen molar-refractivity contribution in [1.29, 1.82) is 0 Å². The topological polar surface area (TPSA) is 50.3 Å². The third-order valence-electron chi connectivity index (χ3n) is 4.01. The monoisotopic (exact) mass is 265 g/mol. The van der Waals surface area contributed by atoms with E-state index >= 15 is 0 Å². The molecule has 1 aromatic rings. The van der Waals surface area contributed by atoms with Gasteiger partial charge in [-0.3, -0.25) is 0 Å². The average molecular weight is 265 g/mol. The number of imidazole rings is 1. The maximum Gasteiger partial charge on any atom is 0.109 e. The fraction of sp³-hybridized carbons (Fsp3) is 0.786. The van der Waals surface area contributed by atoms with E-state index in [0.29, 0.717) is 5.92 Å². The number of nitrogens with two attached hydrogens (primary N) is 1. The summed E-state index contributed by atoms with van der Waals surface area (Å²) in [5.41, 5.74) is 5.69. The number of hydrogen-bond donors (Lipinski definition) is 1. The van der Waals surface area contributed by atoms with Gasteiger partial charge in [0.1, 0.15) is 5.82 Å². The van der Waals surface area contributed by atoms with Crippen LogP contribution in [0.3, 0.4) is 0 Å². The van der Waals surface area contributed by atoms with Gasteiger partial charge in [-0.1, -0.05) is 6.92 Å². The number of hydrogen-bond acceptors (Lipinski definition) is 4. The van der Waals surface area contributed by atoms with Gasteiger partial charge < -0.3 is 20.1 Å². The van der Waals surface area contributed by atoms with Crippen LogP contribution in [0.15, 0.2) is 12.4 Å². The molecule has 0 spiro atoms. The molecule has 1 atom stereocenters. The highest BCUT2D eigenvalue weighted by Gasteiger charge is 2.18. The SMILES string of the molecule is CC(CN)CN1CCN(CCc2nccn2C)CC1. The fourth-order valence-electron chi connectivity index (χ4n) is 2.61. The molecule has 0 aliphatic carbocycles. The summed E-state index contributed by atoms with van der Waals surface area (Å²) in [6.45, 7) is 9.96. The predicted molar refractivity (Wildman–Crippen MR) is 78.0 cm³/mol. The number of nitrogens with zero attached hydrogens (tertiary/aromatic N) is 4. The van der Waals surface area contributed by atoms with E-state index < -0.39 is 0 Å². The van der Waals surface area contributed by atoms with E-state index in [1.54, 1.807) is 0 Å². The number of rotatable bonds is 6. The fourth-order valence-corrected chi connectivity index (χ4v) is 2.61. The van der Waals surface area contributed by atoms with Crippen molar-refractivity contribution in [2.24, 2.45) is 18.7 Å². The second-order valence-electron chi connectivity index (χ2n) is 5.69. The summed E-state index contributed by atoms with van der Waals surface area (Å²) in [5.74, 6) is 1.79. The van der Waals surface area contributed by atoms with Crippen molar-refractivity contribution in [2.75, 3.05) is 45.8 Å². The van der Waals surface area contributed by atoms with Gasteiger partial charge in [0.05, 0.1) is 0 Å². The van der Waals surface area contributed by atoms with E-state index in [2.05, 4.69) is 33.3 Å². The molecule has 1 fully saturated rings. The summed E-state index contributed by atoms with van der Waals surface area (Å²) in [6.07, 6.45) is 4.94. The Morgan fingerprint density at radius 2 is 1.95 bits per heavy atom. The van der Waals surface area contributed by atoms with Gasteiger partial charge in [-0.15, -0.1) is 0 Å². The van der Waals surface area contributed by atoms with Crippen molar-refractivity contribution in [3.63, 3.8) is 0 Å². The zero-order valence-electron chi connectivity index (χ0n) is 12.3. The molecule has 2 N–H and O–H groups in total. The smallest absolute Gasteiger partial charge is 0.109 e. The maximum absolute atomic E-state index is 5.69. The zero-order chi connectivity index (χ0) is 13.7. The van der Waals surface area contributed by atoms with Crippen LogP contribution in [0, 0.1) is 5.92 Å². The lowest BCUT2D eigenvalue weighted by Crippen LogP contribution is -2.48. The zero-order valence-corrected chi connectivity index (χ0v) is 12.3. The lowest BCUT2D eigenvalue weighted by molar-refractivity contribution is 0.121. The second-order valence-corrected chi connectivity index (χ2v) is 5.69. The van der Waals surface area contributed by atoms with Crippen molar-refractivity contribution < 1.29 is 0 Å². The highest BCUT2D eigenvalue weighted by molar-refractivity contribution is 4.92. The molecule has 5 heteroatoms. The lowest BCUT2D eigenvalue weighted by Gasteiger charge is -2.35. The second kappa shape index (κ2) is 7.03. The molecule has 0 bridgehead atoms. The summed E-state index contributed by atoms with van der Waals surface area (Å²) in [7, 11) is 2.06. The van der Waals surface area contributed by atoms with Gasteiger partial charge in [0.15, 0.2) is 0 Å². The van der Waals surface area contributed by atoms with Crippen molar-refractivity contribution >= 4 is 0 Å². The first kappa shape index (κ1) is 14.5. The van der Waals surface area contributed by atoms with Crippen LogP contribution in [0.5, 0.6) is 0 Å². The Hall–Kier alpha value is -0.910. The van der Waals surface area contributed by atoms with E-state index in [-0.39, 0.29) is 0 Å². The van der Waals surface area contributed by atoms with E-state index in [1.807, 2.05) is 12.4 Å². The molecule has 1 saturated heterocycles. The van der Waals surface area contributed by atoms with E-state index in [4.69, 9.17) is 5.73 Å². The largest absolute Gasteiger partial charge is 0.338 e. The Balaban J connectivity index is 1.67. The van der Waals surface area contributed by atoms with Crippen LogP contribution >= 0.6 is 0 Å². The van der Waals surface area contributed by atoms with Crippen LogP contribution in [0.25, 0.3) is 0 Å².